The van der Waals surface area contributed by atoms with Crippen LogP contribution in [0.1, 0.15) is 39.7 Å². The van der Waals surface area contributed by atoms with E-state index in [0.29, 0.717) is 26.8 Å². The van der Waals surface area contributed by atoms with E-state index in [4.69, 9.17) is 11.6 Å². The van der Waals surface area contributed by atoms with Crippen LogP contribution in [0, 0.1) is 0 Å². The van der Waals surface area contributed by atoms with Crippen molar-refractivity contribution < 1.29 is 14.7 Å². The van der Waals surface area contributed by atoms with Gasteiger partial charge in [-0.3, -0.25) is 4.79 Å². The van der Waals surface area contributed by atoms with Gasteiger partial charge in [-0.05, 0) is 66.3 Å². The Morgan fingerprint density at radius 2 is 1.82 bits per heavy atom. The molecule has 190 valence electrons. The number of fused-ring (bicyclic) bond motifs is 1. The van der Waals surface area contributed by atoms with Gasteiger partial charge >= 0.3 is 6.03 Å². The van der Waals surface area contributed by atoms with Gasteiger partial charge in [-0.1, -0.05) is 48.0 Å². The molecule has 0 radical (unpaired) electrons. The van der Waals surface area contributed by atoms with E-state index in [2.05, 4.69) is 15.7 Å². The molecule has 0 saturated heterocycles. The van der Waals surface area contributed by atoms with Crippen molar-refractivity contribution in [3.8, 4) is 17.0 Å². The van der Waals surface area contributed by atoms with Crippen molar-refractivity contribution in [3.05, 3.63) is 100 Å². The maximum absolute atomic E-state index is 13.1. The molecule has 0 aliphatic heterocycles. The molecule has 38 heavy (non-hydrogen) atoms. The monoisotopic (exact) mass is 542 g/mol. The van der Waals surface area contributed by atoms with Crippen molar-refractivity contribution >= 4 is 50.6 Å². The third kappa shape index (κ3) is 4.88. The van der Waals surface area contributed by atoms with Gasteiger partial charge in [0.15, 0.2) is 0 Å². The predicted octanol–water partition coefficient (Wildman–Crippen LogP) is 7.01. The molecule has 0 unspecified atom stereocenters. The van der Waals surface area contributed by atoms with Gasteiger partial charge < -0.3 is 15.7 Å². The van der Waals surface area contributed by atoms with Crippen LogP contribution in [-0.2, 0) is 6.54 Å². The van der Waals surface area contributed by atoms with Crippen LogP contribution < -0.4 is 10.6 Å². The lowest BCUT2D eigenvalue weighted by molar-refractivity contribution is 0.103. The van der Waals surface area contributed by atoms with Crippen molar-refractivity contribution in [1.29, 1.82) is 0 Å². The zero-order chi connectivity index (χ0) is 26.2. The first-order valence-corrected chi connectivity index (χ1v) is 13.4. The summed E-state index contributed by atoms with van der Waals surface area (Å²) in [5.74, 6) is 0.0135. The van der Waals surface area contributed by atoms with Crippen LogP contribution in [0.3, 0.4) is 0 Å². The summed E-state index contributed by atoms with van der Waals surface area (Å²) in [5, 5.41) is 22.6. The van der Waals surface area contributed by atoms with E-state index in [0.717, 1.165) is 34.2 Å². The number of benzene rings is 3. The summed E-state index contributed by atoms with van der Waals surface area (Å²) in [4.78, 5) is 26.6. The number of aromatic nitrogens is 2. The zero-order valence-electron chi connectivity index (χ0n) is 20.1. The van der Waals surface area contributed by atoms with Gasteiger partial charge in [-0.15, -0.1) is 11.3 Å². The topological polar surface area (TPSA) is 96.2 Å². The quantitative estimate of drug-likeness (QED) is 0.201. The van der Waals surface area contributed by atoms with Crippen molar-refractivity contribution in [2.24, 2.45) is 0 Å². The van der Waals surface area contributed by atoms with Crippen LogP contribution in [0.2, 0.25) is 5.02 Å². The molecule has 3 aromatic carbocycles. The number of rotatable bonds is 6. The Bertz CT molecular complexity index is 1660. The Labute approximate surface area is 227 Å². The molecule has 9 heteroatoms. The Kier molecular flexibility index (Phi) is 6.35. The van der Waals surface area contributed by atoms with E-state index in [1.165, 1.54) is 22.1 Å². The van der Waals surface area contributed by atoms with Crippen molar-refractivity contribution in [2.75, 3.05) is 5.32 Å². The maximum atomic E-state index is 13.1. The lowest BCUT2D eigenvalue weighted by atomic mass is 10.1. The van der Waals surface area contributed by atoms with Gasteiger partial charge in [-0.2, -0.15) is 9.78 Å². The molecular formula is C29H23ClN4O3S. The van der Waals surface area contributed by atoms with E-state index >= 15 is 0 Å². The number of hydrogen-bond acceptors (Lipinski definition) is 5. The highest BCUT2D eigenvalue weighted by Gasteiger charge is 2.31. The second-order valence-corrected chi connectivity index (χ2v) is 10.7. The second kappa shape index (κ2) is 9.96. The summed E-state index contributed by atoms with van der Waals surface area (Å²) in [6.07, 6.45) is 1.94. The standard InChI is InChI=1S/C29H23ClN4O3S/c30-22-7-3-1-6-19(22)16-31-29(37)34-24(17-9-10-17)15-23(33-34)21-14-20(11-12-25(21)35)32-28(36)27-13-18-5-2-4-8-26(18)38-27/h1-8,11-15,17,35H,9-10,16H2,(H,31,37)(H,32,36). The molecule has 0 spiro atoms. The summed E-state index contributed by atoms with van der Waals surface area (Å²) in [6.45, 7) is 0.266. The van der Waals surface area contributed by atoms with Crippen molar-refractivity contribution in [2.45, 2.75) is 25.3 Å². The number of carbonyl (C=O) groups is 2. The molecule has 2 amide bonds. The molecule has 1 aliphatic rings. The number of phenolic OH excluding ortho intramolecular Hbond substituents is 1. The molecule has 1 fully saturated rings. The molecule has 2 heterocycles. The minimum Gasteiger partial charge on any atom is -0.507 e. The van der Waals surface area contributed by atoms with Crippen LogP contribution >= 0.6 is 22.9 Å². The normalized spacial score (nSPS) is 13.0. The molecule has 6 rings (SSSR count). The molecule has 3 N–H and O–H groups in total. The fraction of sp³-hybridized carbons (Fsp3) is 0.138. The van der Waals surface area contributed by atoms with Crippen LogP contribution in [0.15, 0.2) is 78.9 Å². The van der Waals surface area contributed by atoms with Gasteiger partial charge in [0.25, 0.3) is 5.91 Å². The number of nitrogens with one attached hydrogen (secondary N) is 2. The van der Waals surface area contributed by atoms with Gasteiger partial charge in [0.2, 0.25) is 0 Å². The number of nitrogens with zero attached hydrogens (tertiary/aromatic N) is 2. The first-order valence-electron chi connectivity index (χ1n) is 12.2. The number of anilines is 1. The highest BCUT2D eigenvalue weighted by molar-refractivity contribution is 7.20. The highest BCUT2D eigenvalue weighted by atomic mass is 35.5. The minimum atomic E-state index is -0.369. The fourth-order valence-electron chi connectivity index (χ4n) is 4.35. The molecule has 2 aromatic heterocycles. The predicted molar refractivity (Wildman–Crippen MR) is 150 cm³/mol. The lowest BCUT2D eigenvalue weighted by Gasteiger charge is -2.09. The molecule has 5 aromatic rings. The van der Waals surface area contributed by atoms with Gasteiger partial charge in [0, 0.05) is 33.4 Å². The second-order valence-electron chi connectivity index (χ2n) is 9.23. The number of thiophene rings is 1. The van der Waals surface area contributed by atoms with Gasteiger partial charge in [0.05, 0.1) is 16.3 Å². The molecule has 0 bridgehead atoms. The van der Waals surface area contributed by atoms with Crippen molar-refractivity contribution in [3.63, 3.8) is 0 Å². The number of phenols is 1. The number of halogens is 1. The highest BCUT2D eigenvalue weighted by Crippen LogP contribution is 2.42. The first kappa shape index (κ1) is 24.2. The number of carbonyl (C=O) groups excluding carboxylic acids is 2. The summed E-state index contributed by atoms with van der Waals surface area (Å²) in [7, 11) is 0. The first-order chi connectivity index (χ1) is 18.5. The molecule has 0 atom stereocenters. The fourth-order valence-corrected chi connectivity index (χ4v) is 5.51. The van der Waals surface area contributed by atoms with Crippen LogP contribution in [0.25, 0.3) is 21.3 Å². The minimum absolute atomic E-state index is 0.00772. The van der Waals surface area contributed by atoms with E-state index in [1.807, 2.05) is 54.6 Å². The van der Waals surface area contributed by atoms with Crippen LogP contribution in [0.4, 0.5) is 10.5 Å². The van der Waals surface area contributed by atoms with Crippen molar-refractivity contribution in [1.82, 2.24) is 15.1 Å². The number of aromatic hydroxyl groups is 1. The largest absolute Gasteiger partial charge is 0.507 e. The van der Waals surface area contributed by atoms with Gasteiger partial charge in [-0.25, -0.2) is 4.79 Å². The van der Waals surface area contributed by atoms with E-state index < -0.39 is 0 Å². The zero-order valence-corrected chi connectivity index (χ0v) is 21.7. The van der Waals surface area contributed by atoms with Gasteiger partial charge in [0.1, 0.15) is 5.75 Å². The van der Waals surface area contributed by atoms with E-state index in [9.17, 15) is 14.7 Å². The Morgan fingerprint density at radius 3 is 2.61 bits per heavy atom. The molecule has 1 aliphatic carbocycles. The third-order valence-corrected chi connectivity index (χ3v) is 7.98. The number of amides is 2. The average molecular weight is 543 g/mol. The molecule has 1 saturated carbocycles. The SMILES string of the molecule is O=C(Nc1ccc(O)c(-c2cc(C3CC3)n(C(=O)NCc3ccccc3Cl)n2)c1)c1cc2ccccc2s1. The summed E-state index contributed by atoms with van der Waals surface area (Å²) in [6, 6.07) is 23.3. The molecular weight excluding hydrogens is 520 g/mol. The Hall–Kier alpha value is -4.14. The average Bonchev–Trinajstić information content (AvgIpc) is 3.51. The smallest absolute Gasteiger partial charge is 0.342 e. The third-order valence-electron chi connectivity index (χ3n) is 6.49. The Morgan fingerprint density at radius 1 is 1.03 bits per heavy atom. The Balaban J connectivity index is 1.25. The van der Waals surface area contributed by atoms with E-state index in [-0.39, 0.29) is 30.2 Å². The maximum Gasteiger partial charge on any atom is 0.342 e. The van der Waals surface area contributed by atoms with E-state index in [1.54, 1.807) is 18.2 Å². The van der Waals surface area contributed by atoms with Crippen LogP contribution in [-0.4, -0.2) is 26.8 Å². The summed E-state index contributed by atoms with van der Waals surface area (Å²) >= 11 is 7.65. The summed E-state index contributed by atoms with van der Waals surface area (Å²) < 4.78 is 2.40. The summed E-state index contributed by atoms with van der Waals surface area (Å²) in [5.41, 5.74) is 3.00. The number of hydrogen-bond donors (Lipinski definition) is 3. The van der Waals surface area contributed by atoms with Crippen LogP contribution in [0.5, 0.6) is 5.75 Å². The molecule has 7 nitrogen and oxygen atoms in total. The lowest BCUT2D eigenvalue weighted by Crippen LogP contribution is -2.30.